The highest BCUT2D eigenvalue weighted by molar-refractivity contribution is 7.99. The zero-order valence-electron chi connectivity index (χ0n) is 11.5. The van der Waals surface area contributed by atoms with Crippen molar-refractivity contribution < 1.29 is 0 Å². The minimum atomic E-state index is -0.0115. The van der Waals surface area contributed by atoms with Crippen LogP contribution in [0.5, 0.6) is 0 Å². The van der Waals surface area contributed by atoms with Crippen molar-refractivity contribution in [3.63, 3.8) is 0 Å². The van der Waals surface area contributed by atoms with E-state index in [0.29, 0.717) is 0 Å². The Morgan fingerprint density at radius 2 is 2.17 bits per heavy atom. The first kappa shape index (κ1) is 15.1. The quantitative estimate of drug-likeness (QED) is 0.761. The number of benzene rings is 1. The summed E-state index contributed by atoms with van der Waals surface area (Å²) in [4.78, 5) is 1.34. The molecule has 0 aliphatic rings. The molecule has 1 aromatic carbocycles. The molecule has 3 heteroatoms. The van der Waals surface area contributed by atoms with E-state index in [4.69, 9.17) is 5.26 Å². The van der Waals surface area contributed by atoms with Crippen molar-refractivity contribution in [1.29, 1.82) is 5.26 Å². The van der Waals surface area contributed by atoms with Crippen molar-refractivity contribution in [3.8, 4) is 6.07 Å². The number of nitrogens with zero attached hydrogens (tertiary/aromatic N) is 1. The van der Waals surface area contributed by atoms with Gasteiger partial charge in [-0.15, -0.1) is 11.8 Å². The molecule has 0 fully saturated rings. The molecular weight excluding hydrogens is 240 g/mol. The Morgan fingerprint density at radius 1 is 1.39 bits per heavy atom. The number of nitrogens with one attached hydrogen (secondary N) is 1. The molecule has 0 aliphatic carbocycles. The maximum atomic E-state index is 9.03. The van der Waals surface area contributed by atoms with Gasteiger partial charge in [0.15, 0.2) is 0 Å². The fourth-order valence-corrected chi connectivity index (χ4v) is 2.82. The summed E-state index contributed by atoms with van der Waals surface area (Å²) in [6, 6.07) is 8.84. The predicted molar refractivity (Wildman–Crippen MR) is 79.0 cm³/mol. The fourth-order valence-electron chi connectivity index (χ4n) is 1.68. The third-order valence-corrected chi connectivity index (χ3v) is 3.99. The molecular formula is C15H22N2S. The SMILES string of the molecule is CCCNC(C#N)CCSc1cc(C)ccc1C. The smallest absolute Gasteiger partial charge is 0.0961 e. The van der Waals surface area contributed by atoms with E-state index in [0.717, 1.165) is 25.1 Å². The average molecular weight is 262 g/mol. The van der Waals surface area contributed by atoms with Gasteiger partial charge in [0.25, 0.3) is 0 Å². The molecule has 1 aromatic rings. The molecule has 0 spiro atoms. The van der Waals surface area contributed by atoms with E-state index in [-0.39, 0.29) is 6.04 Å². The molecule has 1 unspecified atom stereocenters. The first-order valence-corrected chi connectivity index (χ1v) is 7.49. The van der Waals surface area contributed by atoms with E-state index in [2.05, 4.69) is 50.4 Å². The van der Waals surface area contributed by atoms with Crippen LogP contribution in [-0.2, 0) is 0 Å². The molecule has 0 bridgehead atoms. The summed E-state index contributed by atoms with van der Waals surface area (Å²) in [5.41, 5.74) is 2.62. The standard InChI is InChI=1S/C15H22N2S/c1-4-8-17-14(11-16)7-9-18-15-10-12(2)5-6-13(15)3/h5-6,10,14,17H,4,7-9H2,1-3H3. The van der Waals surface area contributed by atoms with Crippen LogP contribution in [0.15, 0.2) is 23.1 Å². The Bertz CT molecular complexity index is 409. The number of thioether (sulfide) groups is 1. The van der Waals surface area contributed by atoms with Gasteiger partial charge in [-0.1, -0.05) is 24.6 Å². The summed E-state index contributed by atoms with van der Waals surface area (Å²) in [6.07, 6.45) is 1.97. The molecule has 0 aromatic heterocycles. The summed E-state index contributed by atoms with van der Waals surface area (Å²) >= 11 is 1.85. The van der Waals surface area contributed by atoms with Crippen molar-refractivity contribution in [2.75, 3.05) is 12.3 Å². The first-order chi connectivity index (χ1) is 8.67. The highest BCUT2D eigenvalue weighted by atomic mass is 32.2. The number of rotatable bonds is 7. The molecule has 0 radical (unpaired) electrons. The molecule has 0 heterocycles. The summed E-state index contributed by atoms with van der Waals surface area (Å²) in [6.45, 7) is 7.29. The lowest BCUT2D eigenvalue weighted by Crippen LogP contribution is -2.28. The first-order valence-electron chi connectivity index (χ1n) is 6.50. The van der Waals surface area contributed by atoms with Crippen LogP contribution in [0.4, 0.5) is 0 Å². The van der Waals surface area contributed by atoms with Crippen molar-refractivity contribution in [2.45, 2.75) is 44.6 Å². The Labute approximate surface area is 115 Å². The molecule has 1 rings (SSSR count). The summed E-state index contributed by atoms with van der Waals surface area (Å²) in [7, 11) is 0. The third-order valence-electron chi connectivity index (χ3n) is 2.80. The predicted octanol–water partition coefficient (Wildman–Crippen LogP) is 3.68. The summed E-state index contributed by atoms with van der Waals surface area (Å²) in [5.74, 6) is 0.985. The Kier molecular flexibility index (Phi) is 6.85. The lowest BCUT2D eigenvalue weighted by atomic mass is 10.2. The van der Waals surface area contributed by atoms with Crippen LogP contribution in [0, 0.1) is 25.2 Å². The highest BCUT2D eigenvalue weighted by Crippen LogP contribution is 2.24. The van der Waals surface area contributed by atoms with Crippen LogP contribution in [-0.4, -0.2) is 18.3 Å². The number of hydrogen-bond acceptors (Lipinski definition) is 3. The number of aryl methyl sites for hydroxylation is 2. The van der Waals surface area contributed by atoms with Crippen LogP contribution in [0.25, 0.3) is 0 Å². The second-order valence-corrected chi connectivity index (χ2v) is 5.68. The zero-order valence-corrected chi connectivity index (χ0v) is 12.3. The summed E-state index contributed by atoms with van der Waals surface area (Å²) < 4.78 is 0. The van der Waals surface area contributed by atoms with Crippen molar-refractivity contribution >= 4 is 11.8 Å². The average Bonchev–Trinajstić information content (AvgIpc) is 2.37. The lowest BCUT2D eigenvalue weighted by Gasteiger charge is -2.11. The van der Waals surface area contributed by atoms with Crippen LogP contribution in [0.3, 0.4) is 0 Å². The Balaban J connectivity index is 2.41. The Hall–Kier alpha value is -0.980. The van der Waals surface area contributed by atoms with Gasteiger partial charge in [-0.05, 0) is 44.9 Å². The van der Waals surface area contributed by atoms with Gasteiger partial charge in [0.05, 0.1) is 12.1 Å². The van der Waals surface area contributed by atoms with Crippen molar-refractivity contribution in [1.82, 2.24) is 5.32 Å². The lowest BCUT2D eigenvalue weighted by molar-refractivity contribution is 0.585. The number of nitriles is 1. The maximum Gasteiger partial charge on any atom is 0.0961 e. The van der Waals surface area contributed by atoms with Gasteiger partial charge in [-0.2, -0.15) is 5.26 Å². The number of hydrogen-bond donors (Lipinski definition) is 1. The van der Waals surface area contributed by atoms with Crippen LogP contribution < -0.4 is 5.32 Å². The van der Waals surface area contributed by atoms with Crippen LogP contribution in [0.2, 0.25) is 0 Å². The molecule has 1 N–H and O–H groups in total. The van der Waals surface area contributed by atoms with E-state index in [1.807, 2.05) is 11.8 Å². The van der Waals surface area contributed by atoms with Gasteiger partial charge >= 0.3 is 0 Å². The fraction of sp³-hybridized carbons (Fsp3) is 0.533. The van der Waals surface area contributed by atoms with Crippen molar-refractivity contribution in [2.24, 2.45) is 0 Å². The molecule has 0 aliphatic heterocycles. The normalized spacial score (nSPS) is 12.1. The molecule has 0 saturated heterocycles. The monoisotopic (exact) mass is 262 g/mol. The van der Waals surface area contributed by atoms with Crippen molar-refractivity contribution in [3.05, 3.63) is 29.3 Å². The Morgan fingerprint density at radius 3 is 2.83 bits per heavy atom. The van der Waals surface area contributed by atoms with Gasteiger partial charge in [0, 0.05) is 10.6 Å². The van der Waals surface area contributed by atoms with E-state index >= 15 is 0 Å². The molecule has 1 atom stereocenters. The minimum absolute atomic E-state index is 0.0115. The van der Waals surface area contributed by atoms with Gasteiger partial charge in [-0.3, -0.25) is 0 Å². The highest BCUT2D eigenvalue weighted by Gasteiger charge is 2.06. The van der Waals surface area contributed by atoms with Gasteiger partial charge in [0.1, 0.15) is 0 Å². The third kappa shape index (κ3) is 5.12. The molecule has 2 nitrogen and oxygen atoms in total. The largest absolute Gasteiger partial charge is 0.302 e. The van der Waals surface area contributed by atoms with E-state index in [1.54, 1.807) is 0 Å². The minimum Gasteiger partial charge on any atom is -0.302 e. The van der Waals surface area contributed by atoms with E-state index in [1.165, 1.54) is 16.0 Å². The van der Waals surface area contributed by atoms with E-state index < -0.39 is 0 Å². The maximum absolute atomic E-state index is 9.03. The van der Waals surface area contributed by atoms with Crippen LogP contribution in [0.1, 0.15) is 30.9 Å². The van der Waals surface area contributed by atoms with Gasteiger partial charge < -0.3 is 5.32 Å². The molecule has 18 heavy (non-hydrogen) atoms. The topological polar surface area (TPSA) is 35.8 Å². The van der Waals surface area contributed by atoms with E-state index in [9.17, 15) is 0 Å². The van der Waals surface area contributed by atoms with Gasteiger partial charge in [-0.25, -0.2) is 0 Å². The molecule has 0 amide bonds. The molecule has 98 valence electrons. The second-order valence-electron chi connectivity index (χ2n) is 4.54. The summed E-state index contributed by atoms with van der Waals surface area (Å²) in [5, 5.41) is 12.3. The van der Waals surface area contributed by atoms with Crippen LogP contribution >= 0.6 is 11.8 Å². The molecule has 0 saturated carbocycles. The second kappa shape index (κ2) is 8.18. The van der Waals surface area contributed by atoms with Gasteiger partial charge in [0.2, 0.25) is 0 Å². The zero-order chi connectivity index (χ0) is 13.4.